The van der Waals surface area contributed by atoms with E-state index < -0.39 is 5.60 Å². The molecule has 1 saturated carbocycles. The van der Waals surface area contributed by atoms with E-state index in [1.165, 1.54) is 10.6 Å². The van der Waals surface area contributed by atoms with Crippen LogP contribution in [0.15, 0.2) is 6.07 Å². The molecule has 1 heterocycles. The molecule has 6 heteroatoms. The van der Waals surface area contributed by atoms with Gasteiger partial charge in [0.05, 0.1) is 10.6 Å². The molecule has 0 radical (unpaired) electrons. The first-order valence-corrected chi connectivity index (χ1v) is 7.20. The lowest BCUT2D eigenvalue weighted by Crippen LogP contribution is -2.44. The number of carbonyl (C=O) groups is 1. The van der Waals surface area contributed by atoms with Gasteiger partial charge in [0.25, 0.3) is 5.91 Å². The van der Waals surface area contributed by atoms with Crippen LogP contribution in [0.2, 0.25) is 10.2 Å². The minimum absolute atomic E-state index is 0.268. The summed E-state index contributed by atoms with van der Waals surface area (Å²) < 4.78 is 1.53. The van der Waals surface area contributed by atoms with E-state index in [0.717, 1.165) is 32.1 Å². The zero-order valence-electron chi connectivity index (χ0n) is 10.9. The first-order valence-electron chi connectivity index (χ1n) is 6.44. The summed E-state index contributed by atoms with van der Waals surface area (Å²) in [5, 5.41) is 13.8. The highest BCUT2D eigenvalue weighted by Crippen LogP contribution is 2.28. The van der Waals surface area contributed by atoms with Crippen LogP contribution in [0.3, 0.4) is 0 Å². The summed E-state index contributed by atoms with van der Waals surface area (Å²) in [5.74, 6) is -0.268. The average Bonchev–Trinajstić information content (AvgIpc) is 2.65. The van der Waals surface area contributed by atoms with Crippen molar-refractivity contribution in [3.8, 4) is 0 Å². The fourth-order valence-corrected chi connectivity index (χ4v) is 2.86. The van der Waals surface area contributed by atoms with Gasteiger partial charge in [0.1, 0.15) is 10.8 Å². The summed E-state index contributed by atoms with van der Waals surface area (Å²) in [6, 6.07) is 1.53. The highest BCUT2D eigenvalue weighted by molar-refractivity contribution is 6.41. The van der Waals surface area contributed by atoms with Gasteiger partial charge in [0.15, 0.2) is 0 Å². The maximum Gasteiger partial charge on any atom is 0.268 e. The Morgan fingerprint density at radius 2 is 2.05 bits per heavy atom. The van der Waals surface area contributed by atoms with Crippen LogP contribution in [0.1, 0.15) is 42.6 Å². The molecule has 106 valence electrons. The molecule has 2 N–H and O–H groups in total. The maximum absolute atomic E-state index is 12.1. The van der Waals surface area contributed by atoms with E-state index >= 15 is 0 Å². The van der Waals surface area contributed by atoms with Crippen LogP contribution < -0.4 is 5.32 Å². The van der Waals surface area contributed by atoms with Crippen molar-refractivity contribution >= 4 is 29.1 Å². The Kier molecular flexibility index (Phi) is 4.43. The van der Waals surface area contributed by atoms with Crippen molar-refractivity contribution in [3.63, 3.8) is 0 Å². The van der Waals surface area contributed by atoms with Crippen molar-refractivity contribution in [1.29, 1.82) is 0 Å². The Labute approximate surface area is 122 Å². The second-order valence-corrected chi connectivity index (χ2v) is 5.96. The summed E-state index contributed by atoms with van der Waals surface area (Å²) in [5.41, 5.74) is -0.374. The normalized spacial score (nSPS) is 18.3. The van der Waals surface area contributed by atoms with Gasteiger partial charge in [-0.3, -0.25) is 4.79 Å². The average molecular weight is 305 g/mol. The zero-order valence-corrected chi connectivity index (χ0v) is 12.4. The Morgan fingerprint density at radius 1 is 1.42 bits per heavy atom. The third-order valence-electron chi connectivity index (χ3n) is 3.71. The first kappa shape index (κ1) is 14.7. The minimum Gasteiger partial charge on any atom is -0.388 e. The predicted molar refractivity (Wildman–Crippen MR) is 75.8 cm³/mol. The van der Waals surface area contributed by atoms with Gasteiger partial charge in [0.2, 0.25) is 0 Å². The van der Waals surface area contributed by atoms with Crippen LogP contribution in [0, 0.1) is 0 Å². The monoisotopic (exact) mass is 304 g/mol. The van der Waals surface area contributed by atoms with Gasteiger partial charge in [-0.2, -0.15) is 0 Å². The van der Waals surface area contributed by atoms with E-state index in [1.807, 2.05) is 0 Å². The number of halogens is 2. The highest BCUT2D eigenvalue weighted by atomic mass is 35.5. The molecule has 1 fully saturated rings. The topological polar surface area (TPSA) is 54.3 Å². The number of aliphatic hydroxyl groups is 1. The fourth-order valence-electron chi connectivity index (χ4n) is 2.48. The number of amides is 1. The Balaban J connectivity index is 1.99. The summed E-state index contributed by atoms with van der Waals surface area (Å²) in [7, 11) is 1.68. The Bertz CT molecular complexity index is 479. The number of aromatic nitrogens is 1. The van der Waals surface area contributed by atoms with E-state index in [0.29, 0.717) is 15.9 Å². The van der Waals surface area contributed by atoms with E-state index in [2.05, 4.69) is 5.32 Å². The molecule has 1 aromatic rings. The summed E-state index contributed by atoms with van der Waals surface area (Å²) >= 11 is 11.8. The molecule has 0 saturated heterocycles. The van der Waals surface area contributed by atoms with E-state index in [9.17, 15) is 9.90 Å². The van der Waals surface area contributed by atoms with Crippen molar-refractivity contribution in [3.05, 3.63) is 21.9 Å². The molecule has 1 aliphatic rings. The smallest absolute Gasteiger partial charge is 0.268 e. The van der Waals surface area contributed by atoms with Crippen LogP contribution in [0.4, 0.5) is 0 Å². The lowest BCUT2D eigenvalue weighted by molar-refractivity contribution is 0.00518. The van der Waals surface area contributed by atoms with E-state index in [-0.39, 0.29) is 12.5 Å². The summed E-state index contributed by atoms with van der Waals surface area (Å²) in [6.45, 7) is 0.270. The molecule has 0 unspecified atom stereocenters. The number of carbonyl (C=O) groups excluding carboxylic acids is 1. The lowest BCUT2D eigenvalue weighted by Gasteiger charge is -2.32. The maximum atomic E-state index is 12.1. The van der Waals surface area contributed by atoms with Crippen molar-refractivity contribution in [1.82, 2.24) is 9.88 Å². The van der Waals surface area contributed by atoms with Gasteiger partial charge in [-0.15, -0.1) is 0 Å². The van der Waals surface area contributed by atoms with Gasteiger partial charge in [-0.25, -0.2) is 0 Å². The van der Waals surface area contributed by atoms with E-state index in [1.54, 1.807) is 7.05 Å². The molecule has 4 nitrogen and oxygen atoms in total. The SMILES string of the molecule is Cn1c(C(=O)NCC2(O)CCCCC2)cc(Cl)c1Cl. The van der Waals surface area contributed by atoms with E-state index in [4.69, 9.17) is 23.2 Å². The van der Waals surface area contributed by atoms with Crippen molar-refractivity contribution in [2.75, 3.05) is 6.54 Å². The van der Waals surface area contributed by atoms with Crippen LogP contribution in [0.25, 0.3) is 0 Å². The summed E-state index contributed by atoms with van der Waals surface area (Å²) in [4.78, 5) is 12.1. The second-order valence-electron chi connectivity index (χ2n) is 5.20. The summed E-state index contributed by atoms with van der Waals surface area (Å²) in [6.07, 6.45) is 4.64. The first-order chi connectivity index (χ1) is 8.93. The van der Waals surface area contributed by atoms with Crippen LogP contribution in [-0.2, 0) is 7.05 Å². The fraction of sp³-hybridized carbons (Fsp3) is 0.615. The van der Waals surface area contributed by atoms with Gasteiger partial charge in [-0.1, -0.05) is 42.5 Å². The largest absolute Gasteiger partial charge is 0.388 e. The van der Waals surface area contributed by atoms with Crippen LogP contribution in [-0.4, -0.2) is 27.7 Å². The molecular formula is C13H18Cl2N2O2. The van der Waals surface area contributed by atoms with Crippen LogP contribution in [0.5, 0.6) is 0 Å². The molecule has 19 heavy (non-hydrogen) atoms. The van der Waals surface area contributed by atoms with Crippen molar-refractivity contribution < 1.29 is 9.90 Å². The number of nitrogens with zero attached hydrogens (tertiary/aromatic N) is 1. The number of nitrogens with one attached hydrogen (secondary N) is 1. The van der Waals surface area contributed by atoms with Gasteiger partial charge in [0, 0.05) is 13.6 Å². The third-order valence-corrected chi connectivity index (χ3v) is 4.55. The number of hydrogen-bond acceptors (Lipinski definition) is 2. The molecule has 2 rings (SSSR count). The highest BCUT2D eigenvalue weighted by Gasteiger charge is 2.30. The standard InChI is InChI=1S/C13H18Cl2N2O2/c1-17-10(7-9(14)11(17)15)12(18)16-8-13(19)5-3-2-4-6-13/h7,19H,2-6,8H2,1H3,(H,16,18). The molecular weight excluding hydrogens is 287 g/mol. The molecule has 0 bridgehead atoms. The molecule has 1 aromatic heterocycles. The Morgan fingerprint density at radius 3 is 2.58 bits per heavy atom. The zero-order chi connectivity index (χ0) is 14.0. The third kappa shape index (κ3) is 3.25. The van der Waals surface area contributed by atoms with Gasteiger partial charge < -0.3 is 15.0 Å². The van der Waals surface area contributed by atoms with Crippen molar-refractivity contribution in [2.45, 2.75) is 37.7 Å². The van der Waals surface area contributed by atoms with Gasteiger partial charge >= 0.3 is 0 Å². The molecule has 1 amide bonds. The number of hydrogen-bond donors (Lipinski definition) is 2. The molecule has 0 aliphatic heterocycles. The lowest BCUT2D eigenvalue weighted by atomic mass is 9.85. The number of rotatable bonds is 3. The minimum atomic E-state index is -0.771. The van der Waals surface area contributed by atoms with Crippen molar-refractivity contribution in [2.24, 2.45) is 7.05 Å². The Hall–Kier alpha value is -0.710. The molecule has 0 atom stereocenters. The second kappa shape index (κ2) is 5.73. The predicted octanol–water partition coefficient (Wildman–Crippen LogP) is 2.76. The quantitative estimate of drug-likeness (QED) is 0.902. The molecule has 0 aromatic carbocycles. The van der Waals surface area contributed by atoms with Crippen LogP contribution >= 0.6 is 23.2 Å². The molecule has 1 aliphatic carbocycles. The van der Waals surface area contributed by atoms with Gasteiger partial charge in [-0.05, 0) is 18.9 Å². The molecule has 0 spiro atoms.